The Kier molecular flexibility index (Phi) is 4.63. The molecule has 1 N–H and O–H groups in total. The second-order valence-corrected chi connectivity index (χ2v) is 3.69. The van der Waals surface area contributed by atoms with Crippen LogP contribution in [0.25, 0.3) is 0 Å². The lowest BCUT2D eigenvalue weighted by molar-refractivity contribution is -0.116. The summed E-state index contributed by atoms with van der Waals surface area (Å²) in [7, 11) is 1.49. The molecule has 1 aromatic carbocycles. The first-order chi connectivity index (χ1) is 9.02. The van der Waals surface area contributed by atoms with Crippen molar-refractivity contribution in [3.8, 4) is 0 Å². The van der Waals surface area contributed by atoms with Gasteiger partial charge in [0.15, 0.2) is 0 Å². The molecular weight excluding hydrogens is 248 g/mol. The monoisotopic (exact) mass is 264 g/mol. The molecule has 1 aromatic rings. The molecule has 3 amide bonds. The summed E-state index contributed by atoms with van der Waals surface area (Å²) in [4.78, 5) is 36.5. The summed E-state index contributed by atoms with van der Waals surface area (Å²) in [6, 6.07) is 5.42. The van der Waals surface area contributed by atoms with E-state index < -0.39 is 17.9 Å². The van der Waals surface area contributed by atoms with Gasteiger partial charge in [-0.05, 0) is 12.1 Å². The Balaban J connectivity index is 0.000000861. The van der Waals surface area contributed by atoms with Crippen molar-refractivity contribution in [3.05, 3.63) is 29.8 Å². The van der Waals surface area contributed by atoms with Gasteiger partial charge in [-0.3, -0.25) is 4.79 Å². The van der Waals surface area contributed by atoms with Crippen LogP contribution >= 0.6 is 0 Å². The number of benzene rings is 1. The van der Waals surface area contributed by atoms with Crippen molar-refractivity contribution in [2.45, 2.75) is 13.8 Å². The third-order valence-electron chi connectivity index (χ3n) is 2.52. The second-order valence-electron chi connectivity index (χ2n) is 3.69. The number of anilines is 1. The molecule has 2 rings (SSSR count). The first kappa shape index (κ1) is 14.7. The number of hydrogen-bond acceptors (Lipinski definition) is 3. The highest BCUT2D eigenvalue weighted by molar-refractivity contribution is 6.21. The molecule has 6 nitrogen and oxygen atoms in total. The average molecular weight is 264 g/mol. The van der Waals surface area contributed by atoms with Gasteiger partial charge in [-0.25, -0.2) is 14.5 Å². The topological polar surface area (TPSA) is 77.9 Å². The van der Waals surface area contributed by atoms with E-state index in [2.05, 4.69) is 0 Å². The summed E-state index contributed by atoms with van der Waals surface area (Å²) in [6.45, 7) is 3.97. The maximum atomic E-state index is 11.7. The molecule has 0 unspecified atom stereocenters. The Morgan fingerprint density at radius 1 is 1.21 bits per heavy atom. The van der Waals surface area contributed by atoms with E-state index in [9.17, 15) is 14.4 Å². The lowest BCUT2D eigenvalue weighted by Gasteiger charge is -2.16. The number of urea groups is 1. The van der Waals surface area contributed by atoms with Crippen LogP contribution < -0.4 is 4.90 Å². The Morgan fingerprint density at radius 3 is 2.26 bits per heavy atom. The highest BCUT2D eigenvalue weighted by atomic mass is 16.4. The summed E-state index contributed by atoms with van der Waals surface area (Å²) in [6.07, 6.45) is 0. The Morgan fingerprint density at radius 2 is 1.79 bits per heavy atom. The van der Waals surface area contributed by atoms with Gasteiger partial charge in [-0.15, -0.1) is 0 Å². The number of para-hydroxylation sites is 1. The summed E-state index contributed by atoms with van der Waals surface area (Å²) in [5.41, 5.74) is 0.0452. The van der Waals surface area contributed by atoms with E-state index in [1.54, 1.807) is 12.1 Å². The molecule has 0 bridgehead atoms. The molecule has 1 fully saturated rings. The molecule has 1 aliphatic rings. The summed E-state index contributed by atoms with van der Waals surface area (Å²) >= 11 is 0. The first-order valence-electron chi connectivity index (χ1n) is 5.92. The molecule has 1 aliphatic heterocycles. The number of nitrogens with zero attached hydrogens (tertiary/aromatic N) is 2. The number of rotatable bonds is 2. The molecule has 0 radical (unpaired) electrons. The standard InChI is InChI=1S/C11H10N2O4.C2H6/c1-12-6-9(14)13(11(12)17)8-5-3-2-4-7(8)10(15)16;1-2/h2-5H,6H2,1H3,(H,15,16);1-2H3. The predicted octanol–water partition coefficient (Wildman–Crippen LogP) is 1.81. The highest BCUT2D eigenvalue weighted by Gasteiger charge is 2.36. The third kappa shape index (κ3) is 2.73. The van der Waals surface area contributed by atoms with Crippen LogP contribution in [-0.2, 0) is 4.79 Å². The SMILES string of the molecule is CC.CN1CC(=O)N(c2ccccc2C(=O)O)C1=O. The van der Waals surface area contributed by atoms with Crippen LogP contribution in [0.5, 0.6) is 0 Å². The van der Waals surface area contributed by atoms with Crippen LogP contribution in [0.4, 0.5) is 10.5 Å². The van der Waals surface area contributed by atoms with E-state index in [1.165, 1.54) is 24.1 Å². The molecule has 0 spiro atoms. The molecular formula is C13H16N2O4. The summed E-state index contributed by atoms with van der Waals surface area (Å²) in [5.74, 6) is -1.60. The van der Waals surface area contributed by atoms with Crippen LogP contribution in [0.1, 0.15) is 24.2 Å². The lowest BCUT2D eigenvalue weighted by Crippen LogP contribution is -2.32. The number of likely N-dealkylation sites (N-methyl/N-ethyl adjacent to an activating group) is 1. The Bertz CT molecular complexity index is 513. The number of hydrogen-bond donors (Lipinski definition) is 1. The van der Waals surface area contributed by atoms with Gasteiger partial charge in [-0.1, -0.05) is 26.0 Å². The van der Waals surface area contributed by atoms with Crippen LogP contribution in [0.3, 0.4) is 0 Å². The zero-order chi connectivity index (χ0) is 14.6. The fourth-order valence-electron chi connectivity index (χ4n) is 1.71. The third-order valence-corrected chi connectivity index (χ3v) is 2.52. The largest absolute Gasteiger partial charge is 0.478 e. The van der Waals surface area contributed by atoms with Gasteiger partial charge in [-0.2, -0.15) is 0 Å². The smallest absolute Gasteiger partial charge is 0.337 e. The molecule has 19 heavy (non-hydrogen) atoms. The van der Waals surface area contributed by atoms with Crippen LogP contribution in [0, 0.1) is 0 Å². The van der Waals surface area contributed by atoms with Crippen LogP contribution in [-0.4, -0.2) is 41.5 Å². The van der Waals surface area contributed by atoms with E-state index in [4.69, 9.17) is 5.11 Å². The van der Waals surface area contributed by atoms with E-state index in [1.807, 2.05) is 13.8 Å². The Labute approximate surface area is 111 Å². The molecule has 1 heterocycles. The normalized spacial score (nSPS) is 14.3. The molecule has 0 saturated carbocycles. The van der Waals surface area contributed by atoms with Gasteiger partial charge in [0, 0.05) is 7.05 Å². The van der Waals surface area contributed by atoms with E-state index in [0.29, 0.717) is 0 Å². The fraction of sp³-hybridized carbons (Fsp3) is 0.308. The molecule has 0 atom stereocenters. The van der Waals surface area contributed by atoms with E-state index in [0.717, 1.165) is 4.90 Å². The van der Waals surface area contributed by atoms with E-state index in [-0.39, 0.29) is 17.8 Å². The number of aromatic carboxylic acids is 1. The van der Waals surface area contributed by atoms with Crippen LogP contribution in [0.2, 0.25) is 0 Å². The minimum Gasteiger partial charge on any atom is -0.478 e. The molecule has 1 saturated heterocycles. The first-order valence-corrected chi connectivity index (χ1v) is 5.92. The molecule has 102 valence electrons. The van der Waals surface area contributed by atoms with Crippen molar-refractivity contribution in [3.63, 3.8) is 0 Å². The molecule has 0 aromatic heterocycles. The minimum atomic E-state index is -1.17. The van der Waals surface area contributed by atoms with Gasteiger partial charge in [0.05, 0.1) is 11.3 Å². The quantitative estimate of drug-likeness (QED) is 0.826. The van der Waals surface area contributed by atoms with Crippen molar-refractivity contribution in [2.75, 3.05) is 18.5 Å². The van der Waals surface area contributed by atoms with Crippen molar-refractivity contribution >= 4 is 23.6 Å². The van der Waals surface area contributed by atoms with E-state index >= 15 is 0 Å². The molecule has 6 heteroatoms. The number of carbonyl (C=O) groups is 3. The highest BCUT2D eigenvalue weighted by Crippen LogP contribution is 2.24. The minimum absolute atomic E-state index is 0.0349. The number of carboxylic acid groups (broad SMARTS) is 1. The average Bonchev–Trinajstić information content (AvgIpc) is 2.65. The fourth-order valence-corrected chi connectivity index (χ4v) is 1.71. The lowest BCUT2D eigenvalue weighted by atomic mass is 10.1. The predicted molar refractivity (Wildman–Crippen MR) is 70.3 cm³/mol. The summed E-state index contributed by atoms with van der Waals surface area (Å²) in [5, 5.41) is 9.00. The maximum Gasteiger partial charge on any atom is 0.337 e. The number of amides is 3. The van der Waals surface area contributed by atoms with Gasteiger partial charge in [0.2, 0.25) is 0 Å². The van der Waals surface area contributed by atoms with Gasteiger partial charge < -0.3 is 10.0 Å². The van der Waals surface area contributed by atoms with Gasteiger partial charge in [0.1, 0.15) is 6.54 Å². The Hall–Kier alpha value is -2.37. The number of carboxylic acids is 1. The van der Waals surface area contributed by atoms with Gasteiger partial charge >= 0.3 is 12.0 Å². The van der Waals surface area contributed by atoms with Crippen LogP contribution in [0.15, 0.2) is 24.3 Å². The zero-order valence-electron chi connectivity index (χ0n) is 11.1. The molecule has 0 aliphatic carbocycles. The van der Waals surface area contributed by atoms with Crippen molar-refractivity contribution in [1.29, 1.82) is 0 Å². The number of imide groups is 1. The van der Waals surface area contributed by atoms with Gasteiger partial charge in [0.25, 0.3) is 5.91 Å². The number of carbonyl (C=O) groups excluding carboxylic acids is 2. The summed E-state index contributed by atoms with van der Waals surface area (Å²) < 4.78 is 0. The van der Waals surface area contributed by atoms with Crippen molar-refractivity contribution in [2.24, 2.45) is 0 Å². The maximum absolute atomic E-state index is 11.7. The second kappa shape index (κ2) is 5.99. The van der Waals surface area contributed by atoms with Crippen molar-refractivity contribution in [1.82, 2.24) is 4.90 Å². The van der Waals surface area contributed by atoms with Crippen molar-refractivity contribution < 1.29 is 19.5 Å². The zero-order valence-corrected chi connectivity index (χ0v) is 11.1.